The van der Waals surface area contributed by atoms with Crippen LogP contribution >= 0.6 is 34.7 Å². The normalized spacial score (nSPS) is 26.8. The number of hydrogen-bond acceptors (Lipinski definition) is 7. The number of aryl methyl sites for hydroxylation is 1. The van der Waals surface area contributed by atoms with E-state index in [9.17, 15) is 32.3 Å². The van der Waals surface area contributed by atoms with E-state index in [1.807, 2.05) is 25.1 Å². The molecule has 2 saturated carbocycles. The van der Waals surface area contributed by atoms with Gasteiger partial charge in [0.15, 0.2) is 6.61 Å². The van der Waals surface area contributed by atoms with Crippen LogP contribution in [0.15, 0.2) is 76.6 Å². The number of imide groups is 1. The molecule has 1 aromatic heterocycles. The summed E-state index contributed by atoms with van der Waals surface area (Å²) in [5, 5.41) is 3.76. The van der Waals surface area contributed by atoms with Gasteiger partial charge in [0, 0.05) is 32.3 Å². The van der Waals surface area contributed by atoms with Gasteiger partial charge in [-0.2, -0.15) is 13.2 Å². The maximum atomic E-state index is 14.1. The van der Waals surface area contributed by atoms with Gasteiger partial charge in [-0.1, -0.05) is 47.2 Å². The van der Waals surface area contributed by atoms with E-state index < -0.39 is 41.3 Å². The van der Waals surface area contributed by atoms with Crippen molar-refractivity contribution in [2.75, 3.05) is 16.8 Å². The van der Waals surface area contributed by atoms with E-state index in [1.165, 1.54) is 23.9 Å². The van der Waals surface area contributed by atoms with Crippen LogP contribution in [0.4, 0.5) is 24.5 Å². The fourth-order valence-corrected chi connectivity index (χ4v) is 11.4. The summed E-state index contributed by atoms with van der Waals surface area (Å²) in [6.07, 6.45) is -4.06. The number of thioether (sulfide) groups is 1. The molecule has 0 unspecified atom stereocenters. The zero-order chi connectivity index (χ0) is 34.4. The number of para-hydroxylation sites is 1. The molecule has 7 atom stereocenters. The Morgan fingerprint density at radius 3 is 2.53 bits per heavy atom. The second-order valence-corrected chi connectivity index (χ2v) is 15.5. The van der Waals surface area contributed by atoms with Gasteiger partial charge in [0.05, 0.1) is 28.1 Å². The molecule has 8 rings (SSSR count). The zero-order valence-electron chi connectivity index (χ0n) is 25.6. The van der Waals surface area contributed by atoms with E-state index in [1.54, 1.807) is 24.3 Å². The lowest BCUT2D eigenvalue weighted by atomic mass is 9.68. The van der Waals surface area contributed by atoms with Crippen LogP contribution in [0.25, 0.3) is 0 Å². The lowest BCUT2D eigenvalue weighted by Crippen LogP contribution is -2.42. The lowest BCUT2D eigenvalue weighted by molar-refractivity contribution is -0.137. The number of fused-ring (bicyclic) bond motifs is 9. The first-order valence-corrected chi connectivity index (χ1v) is 17.7. The van der Waals surface area contributed by atoms with Gasteiger partial charge in [-0.15, -0.1) is 11.8 Å². The highest BCUT2D eigenvalue weighted by molar-refractivity contribution is 8.00. The third-order valence-electron chi connectivity index (χ3n) is 10.2. The number of aromatic nitrogens is 1. The van der Waals surface area contributed by atoms with Crippen LogP contribution < -0.4 is 19.8 Å². The topological polar surface area (TPSA) is 109 Å². The summed E-state index contributed by atoms with van der Waals surface area (Å²) in [6, 6.07) is 16.8. The number of ether oxygens (including phenoxy) is 1. The number of anilines is 2. The Kier molecular flexibility index (Phi) is 7.72. The van der Waals surface area contributed by atoms with Crippen molar-refractivity contribution in [1.29, 1.82) is 0 Å². The van der Waals surface area contributed by atoms with Crippen molar-refractivity contribution in [3.8, 4) is 5.75 Å². The van der Waals surface area contributed by atoms with E-state index in [-0.39, 0.29) is 46.1 Å². The first-order chi connectivity index (χ1) is 23.4. The number of halogens is 4. The van der Waals surface area contributed by atoms with Crippen molar-refractivity contribution in [2.24, 2.45) is 29.6 Å². The molecule has 4 aliphatic rings. The molecule has 2 N–H and O–H groups in total. The number of hydrogen-bond donors (Lipinski definition) is 2. The largest absolute Gasteiger partial charge is 0.483 e. The molecule has 2 aliphatic heterocycles. The van der Waals surface area contributed by atoms with Crippen molar-refractivity contribution in [3.05, 3.63) is 103 Å². The number of thiazole rings is 1. The second kappa shape index (κ2) is 11.8. The van der Waals surface area contributed by atoms with Crippen LogP contribution in [0, 0.1) is 36.5 Å². The molecule has 2 bridgehead atoms. The summed E-state index contributed by atoms with van der Waals surface area (Å²) in [5.41, 5.74) is 1.17. The number of carbonyl (C=O) groups is 3. The molecule has 8 nitrogen and oxygen atoms in total. The third-order valence-corrected chi connectivity index (χ3v) is 13.1. The summed E-state index contributed by atoms with van der Waals surface area (Å²) in [6.45, 7) is 1.58. The minimum absolute atomic E-state index is 0.0938. The molecular weight excluding hydrogens is 699 g/mol. The fourth-order valence-electron chi connectivity index (χ4n) is 8.38. The average Bonchev–Trinajstić information content (AvgIpc) is 3.80. The van der Waals surface area contributed by atoms with Crippen LogP contribution in [-0.4, -0.2) is 34.6 Å². The molecule has 2 aliphatic carbocycles. The van der Waals surface area contributed by atoms with Crippen LogP contribution in [-0.2, 0) is 20.6 Å². The van der Waals surface area contributed by atoms with Crippen LogP contribution in [0.1, 0.15) is 33.9 Å². The van der Waals surface area contributed by atoms with Gasteiger partial charge in [0.1, 0.15) is 5.75 Å². The van der Waals surface area contributed by atoms with Gasteiger partial charge in [-0.05, 0) is 79.1 Å². The molecule has 3 aromatic carbocycles. The number of carbonyl (C=O) groups excluding carboxylic acids is 3. The van der Waals surface area contributed by atoms with Crippen LogP contribution in [0.3, 0.4) is 0 Å². The van der Waals surface area contributed by atoms with Crippen LogP contribution in [0.5, 0.6) is 5.75 Å². The lowest BCUT2D eigenvalue weighted by Gasteiger charge is -2.43. The quantitative estimate of drug-likeness (QED) is 0.205. The number of benzene rings is 3. The van der Waals surface area contributed by atoms with Crippen molar-refractivity contribution in [2.45, 2.75) is 35.7 Å². The Labute approximate surface area is 291 Å². The highest BCUT2D eigenvalue weighted by Gasteiger charge is 2.70. The Bertz CT molecular complexity index is 2100. The maximum absolute atomic E-state index is 14.1. The van der Waals surface area contributed by atoms with Gasteiger partial charge < -0.3 is 15.0 Å². The number of amides is 3. The van der Waals surface area contributed by atoms with Gasteiger partial charge in [0.2, 0.25) is 11.8 Å². The summed E-state index contributed by atoms with van der Waals surface area (Å²) in [4.78, 5) is 58.0. The van der Waals surface area contributed by atoms with Crippen molar-refractivity contribution >= 4 is 63.8 Å². The van der Waals surface area contributed by atoms with E-state index >= 15 is 0 Å². The van der Waals surface area contributed by atoms with Crippen LogP contribution in [0.2, 0.25) is 5.02 Å². The molecule has 252 valence electrons. The van der Waals surface area contributed by atoms with Crippen molar-refractivity contribution in [3.63, 3.8) is 0 Å². The minimum Gasteiger partial charge on any atom is -0.483 e. The summed E-state index contributed by atoms with van der Waals surface area (Å²) < 4.78 is 46.8. The average molecular weight is 726 g/mol. The summed E-state index contributed by atoms with van der Waals surface area (Å²) in [7, 11) is 0. The molecule has 3 amide bonds. The molecule has 1 saturated heterocycles. The summed E-state index contributed by atoms with van der Waals surface area (Å²) >= 11 is 9.09. The monoisotopic (exact) mass is 725 g/mol. The molecule has 3 fully saturated rings. The predicted octanol–water partition coefficient (Wildman–Crippen LogP) is 7.11. The van der Waals surface area contributed by atoms with Gasteiger partial charge in [-0.25, -0.2) is 0 Å². The highest BCUT2D eigenvalue weighted by atomic mass is 35.5. The van der Waals surface area contributed by atoms with E-state index in [0.29, 0.717) is 33.5 Å². The first kappa shape index (κ1) is 32.2. The Balaban J connectivity index is 1.14. The fraction of sp³-hybridized carbons (Fsp3) is 0.314. The van der Waals surface area contributed by atoms with E-state index in [4.69, 9.17) is 16.3 Å². The minimum atomic E-state index is -4.64. The predicted molar refractivity (Wildman–Crippen MR) is 179 cm³/mol. The number of rotatable bonds is 6. The number of aromatic amines is 1. The van der Waals surface area contributed by atoms with Gasteiger partial charge in [0.25, 0.3) is 5.91 Å². The Morgan fingerprint density at radius 1 is 1.02 bits per heavy atom. The molecular formula is C35H27ClF3N3O5S2. The Morgan fingerprint density at radius 2 is 1.78 bits per heavy atom. The maximum Gasteiger partial charge on any atom is 0.416 e. The van der Waals surface area contributed by atoms with E-state index in [0.717, 1.165) is 38.8 Å². The third kappa shape index (κ3) is 5.28. The summed E-state index contributed by atoms with van der Waals surface area (Å²) in [5.74, 6) is -3.62. The first-order valence-electron chi connectivity index (χ1n) is 15.6. The highest BCUT2D eigenvalue weighted by Crippen LogP contribution is 2.69. The molecule has 0 spiro atoms. The van der Waals surface area contributed by atoms with Gasteiger partial charge >= 0.3 is 11.0 Å². The molecule has 49 heavy (non-hydrogen) atoms. The molecule has 4 aromatic rings. The smallest absolute Gasteiger partial charge is 0.416 e. The SMILES string of the molecule is Cc1ccccc1NC(=O)COc1ccc(Cl)cc1[C@@H]1c2sc(=O)[nH]c2S[C@@H]2[C@@H]3C[C@@H]([C@@H]4C(=O)N(c5cccc(C(F)(F)F)c5)C(=O)[C@@H]34)[C@H]12. The molecule has 3 heterocycles. The van der Waals surface area contributed by atoms with Crippen molar-refractivity contribution < 1.29 is 32.3 Å². The van der Waals surface area contributed by atoms with Gasteiger partial charge in [-0.3, -0.25) is 24.1 Å². The molecule has 14 heteroatoms. The number of H-pyrrole nitrogens is 1. The molecule has 0 radical (unpaired) electrons. The van der Waals surface area contributed by atoms with Crippen molar-refractivity contribution in [1.82, 2.24) is 4.98 Å². The second-order valence-electron chi connectivity index (χ2n) is 12.9. The standard InChI is InChI=1S/C35H27ClF3N3O5S2/c1-15-5-2-3-8-22(15)40-24(43)14-47-23-10-9-17(36)12-19(23)25-26-20-13-21(29(26)48-31-30(25)49-34(46)41-31)28-27(20)32(44)42(33(28)45)18-7-4-6-16(11-18)35(37,38)39/h2-12,20-21,25-29H,13-14H2,1H3,(H,40,43)(H,41,46)/t20-,21-,25+,26-,27+,28+,29-/m1/s1. The number of alkyl halides is 3. The number of nitrogens with zero attached hydrogens (tertiary/aromatic N) is 1. The zero-order valence-corrected chi connectivity index (χ0v) is 28.0. The Hall–Kier alpha value is -4.07. The number of nitrogens with one attached hydrogen (secondary N) is 2. The van der Waals surface area contributed by atoms with E-state index in [2.05, 4.69) is 10.3 Å².